The largest absolute Gasteiger partial charge is 0.298 e. The average Bonchev–Trinajstić information content (AvgIpc) is 2.18. The summed E-state index contributed by atoms with van der Waals surface area (Å²) < 4.78 is 0. The Balaban J connectivity index is 2.71. The van der Waals surface area contributed by atoms with Crippen molar-refractivity contribution in [2.24, 2.45) is 0 Å². The Morgan fingerprint density at radius 2 is 2.31 bits per heavy atom. The molecule has 1 aromatic carbocycles. The molecule has 70 valence electrons. The fourth-order valence-corrected chi connectivity index (χ4v) is 1.97. The molecule has 0 heterocycles. The predicted octanol–water partition coefficient (Wildman–Crippen LogP) is 3.39. The number of benzene rings is 1. The van der Waals surface area contributed by atoms with E-state index in [0.717, 1.165) is 18.3 Å². The minimum absolute atomic E-state index is 0.613. The summed E-state index contributed by atoms with van der Waals surface area (Å²) in [5.74, 6) is 0. The van der Waals surface area contributed by atoms with E-state index in [0.29, 0.717) is 5.25 Å². The number of rotatable bonds is 4. The average molecular weight is 194 g/mol. The molecule has 0 saturated heterocycles. The maximum absolute atomic E-state index is 10.5. The van der Waals surface area contributed by atoms with Crippen molar-refractivity contribution in [1.82, 2.24) is 0 Å². The molecule has 1 rings (SSSR count). The number of carbonyl (C=O) groups excluding carboxylic acids is 1. The molecule has 0 aromatic heterocycles. The van der Waals surface area contributed by atoms with Gasteiger partial charge in [-0.15, -0.1) is 11.8 Å². The van der Waals surface area contributed by atoms with Crippen molar-refractivity contribution < 1.29 is 4.79 Å². The minimum atomic E-state index is 0.613. The molecule has 0 N–H and O–H groups in total. The monoisotopic (exact) mass is 194 g/mol. The van der Waals surface area contributed by atoms with Gasteiger partial charge in [-0.3, -0.25) is 4.79 Å². The first kappa shape index (κ1) is 10.3. The summed E-state index contributed by atoms with van der Waals surface area (Å²) in [6.45, 7) is 4.36. The van der Waals surface area contributed by atoms with Gasteiger partial charge < -0.3 is 0 Å². The Bertz CT molecular complexity index is 283. The lowest BCUT2D eigenvalue weighted by Crippen LogP contribution is -1.92. The van der Waals surface area contributed by atoms with Gasteiger partial charge in [0.1, 0.15) is 6.29 Å². The predicted molar refractivity (Wildman–Crippen MR) is 57.4 cm³/mol. The lowest BCUT2D eigenvalue weighted by molar-refractivity contribution is 0.112. The maximum atomic E-state index is 10.5. The van der Waals surface area contributed by atoms with E-state index in [4.69, 9.17) is 0 Å². The Hall–Kier alpha value is -0.760. The van der Waals surface area contributed by atoms with E-state index < -0.39 is 0 Å². The zero-order valence-electron chi connectivity index (χ0n) is 7.99. The Morgan fingerprint density at radius 3 is 2.92 bits per heavy atom. The molecule has 0 bridgehead atoms. The molecule has 1 aromatic rings. The van der Waals surface area contributed by atoms with E-state index in [2.05, 4.69) is 13.8 Å². The van der Waals surface area contributed by atoms with Crippen LogP contribution in [0, 0.1) is 0 Å². The smallest absolute Gasteiger partial charge is 0.150 e. The van der Waals surface area contributed by atoms with Crippen LogP contribution in [0.5, 0.6) is 0 Å². The van der Waals surface area contributed by atoms with Crippen molar-refractivity contribution >= 4 is 18.0 Å². The van der Waals surface area contributed by atoms with Crippen molar-refractivity contribution in [3.05, 3.63) is 29.8 Å². The molecule has 0 radical (unpaired) electrons. The van der Waals surface area contributed by atoms with Gasteiger partial charge in [-0.25, -0.2) is 0 Å². The summed E-state index contributed by atoms with van der Waals surface area (Å²) in [6, 6.07) is 7.73. The van der Waals surface area contributed by atoms with Crippen molar-refractivity contribution in [3.63, 3.8) is 0 Å². The third kappa shape index (κ3) is 3.23. The van der Waals surface area contributed by atoms with Crippen molar-refractivity contribution in [3.8, 4) is 0 Å². The third-order valence-corrected chi connectivity index (χ3v) is 3.17. The molecule has 0 spiro atoms. The lowest BCUT2D eigenvalue weighted by Gasteiger charge is -2.07. The molecule has 1 nitrogen and oxygen atoms in total. The first-order chi connectivity index (χ1) is 6.26. The van der Waals surface area contributed by atoms with Crippen LogP contribution >= 0.6 is 11.8 Å². The molecule has 13 heavy (non-hydrogen) atoms. The van der Waals surface area contributed by atoms with Gasteiger partial charge in [-0.1, -0.05) is 26.0 Å². The molecule has 0 saturated carbocycles. The summed E-state index contributed by atoms with van der Waals surface area (Å²) in [5, 5.41) is 0.613. The Morgan fingerprint density at radius 1 is 1.54 bits per heavy atom. The zero-order chi connectivity index (χ0) is 9.68. The molecular weight excluding hydrogens is 180 g/mol. The van der Waals surface area contributed by atoms with E-state index in [1.807, 2.05) is 36.0 Å². The highest BCUT2D eigenvalue weighted by Crippen LogP contribution is 2.25. The topological polar surface area (TPSA) is 17.1 Å². The van der Waals surface area contributed by atoms with E-state index in [1.165, 1.54) is 4.90 Å². The molecule has 2 heteroatoms. The highest BCUT2D eigenvalue weighted by molar-refractivity contribution is 7.99. The van der Waals surface area contributed by atoms with Gasteiger partial charge in [0.2, 0.25) is 0 Å². The molecular formula is C11H14OS. The van der Waals surface area contributed by atoms with Crippen LogP contribution < -0.4 is 0 Å². The highest BCUT2D eigenvalue weighted by atomic mass is 32.2. The number of hydrogen-bond acceptors (Lipinski definition) is 2. The van der Waals surface area contributed by atoms with Gasteiger partial charge >= 0.3 is 0 Å². The molecule has 1 atom stereocenters. The van der Waals surface area contributed by atoms with Gasteiger partial charge in [-0.05, 0) is 18.6 Å². The van der Waals surface area contributed by atoms with Crippen LogP contribution in [0.25, 0.3) is 0 Å². The summed E-state index contributed by atoms with van der Waals surface area (Å²) in [4.78, 5) is 11.7. The third-order valence-electron chi connectivity index (χ3n) is 1.91. The van der Waals surface area contributed by atoms with E-state index in [1.54, 1.807) is 0 Å². The van der Waals surface area contributed by atoms with E-state index in [-0.39, 0.29) is 0 Å². The van der Waals surface area contributed by atoms with Gasteiger partial charge in [0.05, 0.1) is 0 Å². The molecule has 0 fully saturated rings. The normalized spacial score (nSPS) is 12.5. The SMILES string of the molecule is CCC(C)Sc1cccc(C=O)c1. The first-order valence-corrected chi connectivity index (χ1v) is 5.36. The van der Waals surface area contributed by atoms with Crippen molar-refractivity contribution in [2.45, 2.75) is 30.4 Å². The van der Waals surface area contributed by atoms with Crippen LogP contribution in [0.3, 0.4) is 0 Å². The molecule has 0 aliphatic rings. The van der Waals surface area contributed by atoms with Crippen molar-refractivity contribution in [2.75, 3.05) is 0 Å². The van der Waals surface area contributed by atoms with Gasteiger partial charge in [0.15, 0.2) is 0 Å². The van der Waals surface area contributed by atoms with Crippen LogP contribution in [0.1, 0.15) is 30.6 Å². The standard InChI is InChI=1S/C11H14OS/c1-3-9(2)13-11-6-4-5-10(7-11)8-12/h4-9H,3H2,1-2H3. The van der Waals surface area contributed by atoms with Gasteiger partial charge in [-0.2, -0.15) is 0 Å². The fourth-order valence-electron chi connectivity index (χ4n) is 0.977. The minimum Gasteiger partial charge on any atom is -0.298 e. The van der Waals surface area contributed by atoms with Crippen LogP contribution in [-0.4, -0.2) is 11.5 Å². The molecule has 0 aliphatic carbocycles. The van der Waals surface area contributed by atoms with Crippen LogP contribution in [0.2, 0.25) is 0 Å². The maximum Gasteiger partial charge on any atom is 0.150 e. The second kappa shape index (κ2) is 5.07. The van der Waals surface area contributed by atoms with Crippen LogP contribution in [0.15, 0.2) is 29.2 Å². The first-order valence-electron chi connectivity index (χ1n) is 4.48. The van der Waals surface area contributed by atoms with Crippen LogP contribution in [0.4, 0.5) is 0 Å². The van der Waals surface area contributed by atoms with Gasteiger partial charge in [0, 0.05) is 15.7 Å². The zero-order valence-corrected chi connectivity index (χ0v) is 8.80. The fraction of sp³-hybridized carbons (Fsp3) is 0.364. The van der Waals surface area contributed by atoms with Gasteiger partial charge in [0.25, 0.3) is 0 Å². The van der Waals surface area contributed by atoms with Crippen LogP contribution in [-0.2, 0) is 0 Å². The summed E-state index contributed by atoms with van der Waals surface area (Å²) in [7, 11) is 0. The number of thioether (sulfide) groups is 1. The highest BCUT2D eigenvalue weighted by Gasteiger charge is 2.01. The second-order valence-electron chi connectivity index (χ2n) is 3.03. The summed E-state index contributed by atoms with van der Waals surface area (Å²) in [5.41, 5.74) is 0.758. The lowest BCUT2D eigenvalue weighted by atomic mass is 10.2. The Kier molecular flexibility index (Phi) is 4.03. The van der Waals surface area contributed by atoms with E-state index in [9.17, 15) is 4.79 Å². The molecule has 1 unspecified atom stereocenters. The number of carbonyl (C=O) groups is 1. The quantitative estimate of drug-likeness (QED) is 0.540. The number of hydrogen-bond donors (Lipinski definition) is 0. The van der Waals surface area contributed by atoms with Crippen molar-refractivity contribution in [1.29, 1.82) is 0 Å². The van der Waals surface area contributed by atoms with E-state index >= 15 is 0 Å². The summed E-state index contributed by atoms with van der Waals surface area (Å²) >= 11 is 1.81. The summed E-state index contributed by atoms with van der Waals surface area (Å²) in [6.07, 6.45) is 2.04. The number of aldehydes is 1. The Labute approximate surface area is 83.5 Å². The molecule has 0 amide bonds. The second-order valence-corrected chi connectivity index (χ2v) is 4.54. The molecule has 0 aliphatic heterocycles.